The maximum absolute atomic E-state index is 9.42. The van der Waals surface area contributed by atoms with Gasteiger partial charge in [0.05, 0.1) is 6.61 Å². The Morgan fingerprint density at radius 1 is 1.44 bits per heavy atom. The van der Waals surface area contributed by atoms with Crippen molar-refractivity contribution in [3.63, 3.8) is 0 Å². The van der Waals surface area contributed by atoms with Crippen LogP contribution in [0, 0.1) is 5.41 Å². The molecule has 0 saturated carbocycles. The zero-order valence-corrected chi connectivity index (χ0v) is 11.2. The summed E-state index contributed by atoms with van der Waals surface area (Å²) in [4.78, 5) is 2.44. The maximum atomic E-state index is 9.42. The lowest BCUT2D eigenvalue weighted by atomic mass is 9.80. The third-order valence-corrected chi connectivity index (χ3v) is 3.75. The Balaban J connectivity index is 2.83. The predicted molar refractivity (Wildman–Crippen MR) is 68.3 cm³/mol. The van der Waals surface area contributed by atoms with E-state index in [9.17, 15) is 5.11 Å². The highest BCUT2D eigenvalue weighted by molar-refractivity contribution is 4.95. The van der Waals surface area contributed by atoms with Crippen molar-refractivity contribution in [3.8, 4) is 0 Å². The summed E-state index contributed by atoms with van der Waals surface area (Å²) in [5.74, 6) is 0. The quantitative estimate of drug-likeness (QED) is 0.768. The highest BCUT2D eigenvalue weighted by Gasteiger charge is 2.39. The standard InChI is InChI=1S/C13H28N2O/c1-5-11(14)12(13(2,3)4)15-8-6-7-10(15)9-16/h10-12,16H,5-9,14H2,1-4H3. The molecule has 1 aliphatic rings. The molecule has 0 aliphatic carbocycles. The fourth-order valence-corrected chi connectivity index (χ4v) is 3.03. The summed E-state index contributed by atoms with van der Waals surface area (Å²) in [5.41, 5.74) is 6.45. The van der Waals surface area contributed by atoms with Crippen LogP contribution in [0.2, 0.25) is 0 Å². The van der Waals surface area contributed by atoms with Gasteiger partial charge in [0.15, 0.2) is 0 Å². The largest absolute Gasteiger partial charge is 0.395 e. The second-order valence-corrected chi connectivity index (χ2v) is 6.10. The van der Waals surface area contributed by atoms with Crippen LogP contribution in [0.4, 0.5) is 0 Å². The summed E-state index contributed by atoms with van der Waals surface area (Å²) in [6.45, 7) is 10.2. The van der Waals surface area contributed by atoms with Crippen LogP contribution in [-0.4, -0.2) is 41.3 Å². The lowest BCUT2D eigenvalue weighted by Gasteiger charge is -2.44. The molecule has 0 aromatic heterocycles. The molecule has 0 aromatic carbocycles. The van der Waals surface area contributed by atoms with E-state index < -0.39 is 0 Å². The van der Waals surface area contributed by atoms with Crippen LogP contribution in [0.5, 0.6) is 0 Å². The second kappa shape index (κ2) is 5.48. The molecule has 0 bridgehead atoms. The van der Waals surface area contributed by atoms with Gasteiger partial charge in [0, 0.05) is 18.1 Å². The van der Waals surface area contributed by atoms with Gasteiger partial charge in [0.1, 0.15) is 0 Å². The number of nitrogens with zero attached hydrogens (tertiary/aromatic N) is 1. The molecular weight excluding hydrogens is 200 g/mol. The zero-order valence-electron chi connectivity index (χ0n) is 11.2. The van der Waals surface area contributed by atoms with Gasteiger partial charge in [-0.3, -0.25) is 4.90 Å². The molecular formula is C13H28N2O. The van der Waals surface area contributed by atoms with Crippen molar-refractivity contribution < 1.29 is 5.11 Å². The summed E-state index contributed by atoms with van der Waals surface area (Å²) in [6.07, 6.45) is 3.30. The summed E-state index contributed by atoms with van der Waals surface area (Å²) >= 11 is 0. The summed E-state index contributed by atoms with van der Waals surface area (Å²) < 4.78 is 0. The Morgan fingerprint density at radius 3 is 2.50 bits per heavy atom. The zero-order chi connectivity index (χ0) is 12.3. The van der Waals surface area contributed by atoms with Gasteiger partial charge < -0.3 is 10.8 Å². The van der Waals surface area contributed by atoms with Crippen molar-refractivity contribution in [2.45, 2.75) is 65.1 Å². The van der Waals surface area contributed by atoms with Crippen LogP contribution >= 0.6 is 0 Å². The molecule has 0 aromatic rings. The first-order chi connectivity index (χ1) is 7.41. The second-order valence-electron chi connectivity index (χ2n) is 6.10. The van der Waals surface area contributed by atoms with E-state index in [1.54, 1.807) is 0 Å². The van der Waals surface area contributed by atoms with Crippen LogP contribution in [-0.2, 0) is 0 Å². The average molecular weight is 228 g/mol. The van der Waals surface area contributed by atoms with E-state index in [0.717, 1.165) is 19.4 Å². The molecule has 0 amide bonds. The van der Waals surface area contributed by atoms with Crippen molar-refractivity contribution in [2.75, 3.05) is 13.2 Å². The molecule has 1 rings (SSSR count). The van der Waals surface area contributed by atoms with Crippen LogP contribution in [0.3, 0.4) is 0 Å². The Labute approximate surface area is 100 Å². The molecule has 0 spiro atoms. The molecule has 3 unspecified atom stereocenters. The summed E-state index contributed by atoms with van der Waals surface area (Å²) in [6, 6.07) is 0.895. The molecule has 1 saturated heterocycles. The Morgan fingerprint density at radius 2 is 2.06 bits per heavy atom. The van der Waals surface area contributed by atoms with E-state index in [-0.39, 0.29) is 18.1 Å². The number of hydrogen-bond donors (Lipinski definition) is 2. The van der Waals surface area contributed by atoms with Gasteiger partial charge in [-0.05, 0) is 31.2 Å². The van der Waals surface area contributed by atoms with Crippen molar-refractivity contribution in [3.05, 3.63) is 0 Å². The van der Waals surface area contributed by atoms with Crippen LogP contribution in [0.1, 0.15) is 47.0 Å². The lowest BCUT2D eigenvalue weighted by molar-refractivity contribution is 0.0429. The third kappa shape index (κ3) is 2.96. The monoisotopic (exact) mass is 228 g/mol. The van der Waals surface area contributed by atoms with Crippen molar-refractivity contribution in [1.29, 1.82) is 0 Å². The van der Waals surface area contributed by atoms with Gasteiger partial charge >= 0.3 is 0 Å². The Bertz CT molecular complexity index is 212. The van der Waals surface area contributed by atoms with Gasteiger partial charge in [-0.1, -0.05) is 27.7 Å². The first-order valence-electron chi connectivity index (χ1n) is 6.54. The summed E-state index contributed by atoms with van der Waals surface area (Å²) in [5, 5.41) is 9.42. The first-order valence-corrected chi connectivity index (χ1v) is 6.54. The average Bonchev–Trinajstić information content (AvgIpc) is 2.63. The minimum absolute atomic E-state index is 0.174. The normalized spacial score (nSPS) is 27.0. The molecule has 1 aliphatic heterocycles. The van der Waals surface area contributed by atoms with Gasteiger partial charge in [-0.25, -0.2) is 0 Å². The number of aliphatic hydroxyl groups excluding tert-OH is 1. The van der Waals surface area contributed by atoms with Crippen molar-refractivity contribution >= 4 is 0 Å². The molecule has 3 atom stereocenters. The number of hydrogen-bond acceptors (Lipinski definition) is 3. The minimum Gasteiger partial charge on any atom is -0.395 e. The number of nitrogens with two attached hydrogens (primary N) is 1. The van der Waals surface area contributed by atoms with Crippen molar-refractivity contribution in [1.82, 2.24) is 4.90 Å². The van der Waals surface area contributed by atoms with E-state index >= 15 is 0 Å². The van der Waals surface area contributed by atoms with E-state index in [1.165, 1.54) is 6.42 Å². The first kappa shape index (κ1) is 13.9. The lowest BCUT2D eigenvalue weighted by Crippen LogP contribution is -2.56. The minimum atomic E-state index is 0.174. The van der Waals surface area contributed by atoms with E-state index in [4.69, 9.17) is 5.73 Å². The number of aliphatic hydroxyl groups is 1. The SMILES string of the molecule is CCC(N)C(N1CCCC1CO)C(C)(C)C. The smallest absolute Gasteiger partial charge is 0.0587 e. The highest BCUT2D eigenvalue weighted by atomic mass is 16.3. The molecule has 1 heterocycles. The van der Waals surface area contributed by atoms with Crippen LogP contribution < -0.4 is 5.73 Å². The van der Waals surface area contributed by atoms with Crippen LogP contribution in [0.15, 0.2) is 0 Å². The summed E-state index contributed by atoms with van der Waals surface area (Å²) in [7, 11) is 0. The molecule has 1 fully saturated rings. The molecule has 3 N–H and O–H groups in total. The van der Waals surface area contributed by atoms with E-state index in [0.29, 0.717) is 12.1 Å². The van der Waals surface area contributed by atoms with Gasteiger partial charge in [0.25, 0.3) is 0 Å². The van der Waals surface area contributed by atoms with Crippen LogP contribution in [0.25, 0.3) is 0 Å². The highest BCUT2D eigenvalue weighted by Crippen LogP contribution is 2.32. The van der Waals surface area contributed by atoms with Gasteiger partial charge in [-0.15, -0.1) is 0 Å². The fourth-order valence-electron chi connectivity index (χ4n) is 3.03. The molecule has 3 nitrogen and oxygen atoms in total. The van der Waals surface area contributed by atoms with E-state index in [2.05, 4.69) is 32.6 Å². The predicted octanol–water partition coefficient (Wildman–Crippen LogP) is 1.60. The fraction of sp³-hybridized carbons (Fsp3) is 1.00. The number of rotatable bonds is 4. The molecule has 96 valence electrons. The Hall–Kier alpha value is -0.120. The van der Waals surface area contributed by atoms with Gasteiger partial charge in [0.2, 0.25) is 0 Å². The van der Waals surface area contributed by atoms with E-state index in [1.807, 2.05) is 0 Å². The third-order valence-electron chi connectivity index (χ3n) is 3.75. The molecule has 0 radical (unpaired) electrons. The number of likely N-dealkylation sites (tertiary alicyclic amines) is 1. The Kier molecular flexibility index (Phi) is 4.77. The topological polar surface area (TPSA) is 49.5 Å². The molecule has 16 heavy (non-hydrogen) atoms. The van der Waals surface area contributed by atoms with Crippen molar-refractivity contribution in [2.24, 2.45) is 11.1 Å². The molecule has 3 heteroatoms. The maximum Gasteiger partial charge on any atom is 0.0587 e. The van der Waals surface area contributed by atoms with Gasteiger partial charge in [-0.2, -0.15) is 0 Å².